The Balaban J connectivity index is 1.55. The van der Waals surface area contributed by atoms with Crippen LogP contribution in [0.1, 0.15) is 53.0 Å². The summed E-state index contributed by atoms with van der Waals surface area (Å²) in [5.41, 5.74) is 1.08. The fourth-order valence-corrected chi connectivity index (χ4v) is 3.97. The zero-order chi connectivity index (χ0) is 28.6. The molecule has 16 nitrogen and oxygen atoms in total. The van der Waals surface area contributed by atoms with E-state index in [9.17, 15) is 24.2 Å². The molecule has 2 aromatic heterocycles. The van der Waals surface area contributed by atoms with E-state index in [4.69, 9.17) is 18.7 Å². The quantitative estimate of drug-likeness (QED) is 0.121. The number of carbonyl (C=O) groups is 2. The van der Waals surface area contributed by atoms with Gasteiger partial charge in [0.2, 0.25) is 0 Å². The number of carbonyl (C=O) groups excluding carboxylic acids is 2. The highest BCUT2D eigenvalue weighted by Gasteiger charge is 2.32. The molecule has 3 rings (SSSR count). The van der Waals surface area contributed by atoms with Crippen molar-refractivity contribution in [3.63, 3.8) is 0 Å². The lowest BCUT2D eigenvalue weighted by molar-refractivity contribution is -0.209. The molecule has 2 unspecified atom stereocenters. The third-order valence-corrected chi connectivity index (χ3v) is 6.04. The third kappa shape index (κ3) is 9.89. The average molecular weight is 576 g/mol. The van der Waals surface area contributed by atoms with Crippen molar-refractivity contribution >= 4 is 36.9 Å². The van der Waals surface area contributed by atoms with E-state index in [2.05, 4.69) is 29.7 Å². The summed E-state index contributed by atoms with van der Waals surface area (Å²) in [6.45, 7) is 3.57. The molecule has 218 valence electrons. The maximum atomic E-state index is 12.5. The molecule has 0 bridgehead atoms. The number of imidazole rings is 1. The van der Waals surface area contributed by atoms with Gasteiger partial charge in [-0.25, -0.2) is 29.1 Å². The van der Waals surface area contributed by atoms with Crippen LogP contribution < -0.4 is 5.32 Å². The number of aliphatic hydroxyl groups is 1. The largest absolute Gasteiger partial charge is 0.513 e. The van der Waals surface area contributed by atoms with Gasteiger partial charge in [-0.1, -0.05) is 0 Å². The van der Waals surface area contributed by atoms with Crippen LogP contribution in [0.3, 0.4) is 0 Å². The number of fused-ring (bicyclic) bond motifs is 1. The molecule has 1 aliphatic carbocycles. The van der Waals surface area contributed by atoms with Crippen molar-refractivity contribution in [1.29, 1.82) is 0 Å². The summed E-state index contributed by atoms with van der Waals surface area (Å²) < 4.78 is 43.2. The third-order valence-electron chi connectivity index (χ3n) is 5.03. The molecule has 2 atom stereocenters. The first kappa shape index (κ1) is 30.5. The van der Waals surface area contributed by atoms with Crippen molar-refractivity contribution in [1.82, 2.24) is 19.5 Å². The molecule has 17 heteroatoms. The summed E-state index contributed by atoms with van der Waals surface area (Å²) in [5, 5.41) is 13.2. The lowest BCUT2D eigenvalue weighted by atomic mass is 10.2. The summed E-state index contributed by atoms with van der Waals surface area (Å²) in [4.78, 5) is 46.7. The fraction of sp³-hybridized carbons (Fsp3) is 0.682. The second-order valence-electron chi connectivity index (χ2n) is 9.23. The minimum atomic E-state index is -4.61. The molecule has 0 aromatic carbocycles. The Morgan fingerprint density at radius 2 is 1.72 bits per heavy atom. The number of hydrogen-bond donors (Lipinski definition) is 3. The molecule has 2 aromatic rings. The van der Waals surface area contributed by atoms with E-state index >= 15 is 0 Å². The Hall–Kier alpha value is -3.04. The molecular formula is C22H34N5O11P. The molecular weight excluding hydrogens is 541 g/mol. The SMILES string of the molecule is CC(C)OC(=O)OC(OC(=O)OC(C)C)OP(=O)(O)COCCC(CO)n1cnc2c(NC3CC3)ncnc21. The lowest BCUT2D eigenvalue weighted by Gasteiger charge is -2.21. The van der Waals surface area contributed by atoms with Crippen LogP contribution in [0.25, 0.3) is 11.2 Å². The first-order valence-electron chi connectivity index (χ1n) is 12.3. The van der Waals surface area contributed by atoms with Gasteiger partial charge in [-0.15, -0.1) is 0 Å². The lowest BCUT2D eigenvalue weighted by Crippen LogP contribution is -2.29. The van der Waals surface area contributed by atoms with Crippen molar-refractivity contribution in [3.05, 3.63) is 12.7 Å². The van der Waals surface area contributed by atoms with E-state index in [-0.39, 0.29) is 19.6 Å². The van der Waals surface area contributed by atoms with Crippen molar-refractivity contribution in [3.8, 4) is 0 Å². The number of nitrogens with zero attached hydrogens (tertiary/aromatic N) is 4. The van der Waals surface area contributed by atoms with Gasteiger partial charge in [0, 0.05) is 12.6 Å². The summed E-state index contributed by atoms with van der Waals surface area (Å²) in [6.07, 6.45) is 0.679. The average Bonchev–Trinajstić information content (AvgIpc) is 3.53. The molecule has 1 aliphatic rings. The number of aliphatic hydroxyl groups excluding tert-OH is 1. The van der Waals surface area contributed by atoms with Gasteiger partial charge in [-0.3, -0.25) is 4.57 Å². The first-order valence-corrected chi connectivity index (χ1v) is 14.1. The predicted molar refractivity (Wildman–Crippen MR) is 134 cm³/mol. The summed E-state index contributed by atoms with van der Waals surface area (Å²) in [6, 6.07) is -0.141. The zero-order valence-electron chi connectivity index (χ0n) is 22.1. The van der Waals surface area contributed by atoms with Gasteiger partial charge in [0.05, 0.1) is 31.2 Å². The fourth-order valence-electron chi connectivity index (χ4n) is 3.19. The smallest absolute Gasteiger partial charge is 0.431 e. The minimum absolute atomic E-state index is 0.0752. The number of hydrogen-bond acceptors (Lipinski definition) is 14. The topological polar surface area (TPSA) is 203 Å². The van der Waals surface area contributed by atoms with Gasteiger partial charge in [0.1, 0.15) is 18.2 Å². The molecule has 0 saturated heterocycles. The number of aromatic nitrogens is 4. The number of ether oxygens (including phenoxy) is 5. The second-order valence-corrected chi connectivity index (χ2v) is 11.0. The highest BCUT2D eigenvalue weighted by molar-refractivity contribution is 7.52. The molecule has 1 saturated carbocycles. The zero-order valence-corrected chi connectivity index (χ0v) is 23.0. The first-order chi connectivity index (χ1) is 18.5. The molecule has 0 aliphatic heterocycles. The van der Waals surface area contributed by atoms with E-state index < -0.39 is 51.0 Å². The Labute approximate surface area is 224 Å². The molecule has 0 radical (unpaired) electrons. The Morgan fingerprint density at radius 1 is 1.08 bits per heavy atom. The van der Waals surface area contributed by atoms with Crippen molar-refractivity contribution in [2.75, 3.05) is 24.9 Å². The van der Waals surface area contributed by atoms with Crippen molar-refractivity contribution in [2.24, 2.45) is 0 Å². The molecule has 2 heterocycles. The monoisotopic (exact) mass is 575 g/mol. The maximum absolute atomic E-state index is 12.5. The van der Waals surface area contributed by atoms with Crippen LogP contribution in [0.15, 0.2) is 12.7 Å². The van der Waals surface area contributed by atoms with E-state index in [0.717, 1.165) is 12.8 Å². The highest BCUT2D eigenvalue weighted by atomic mass is 31.2. The number of nitrogens with one attached hydrogen (secondary N) is 1. The second kappa shape index (κ2) is 13.8. The number of anilines is 1. The summed E-state index contributed by atoms with van der Waals surface area (Å²) in [5.74, 6) is 0.612. The summed E-state index contributed by atoms with van der Waals surface area (Å²) in [7, 11) is -4.61. The molecule has 39 heavy (non-hydrogen) atoms. The van der Waals surface area contributed by atoms with Gasteiger partial charge >= 0.3 is 26.4 Å². The Morgan fingerprint density at radius 3 is 2.28 bits per heavy atom. The van der Waals surface area contributed by atoms with Crippen LogP contribution in [0.2, 0.25) is 0 Å². The minimum Gasteiger partial charge on any atom is -0.431 e. The van der Waals surface area contributed by atoms with Crippen molar-refractivity contribution in [2.45, 2.75) is 77.7 Å². The van der Waals surface area contributed by atoms with Crippen LogP contribution in [0.5, 0.6) is 0 Å². The van der Waals surface area contributed by atoms with Crippen LogP contribution in [0.4, 0.5) is 15.4 Å². The predicted octanol–water partition coefficient (Wildman–Crippen LogP) is 2.91. The van der Waals surface area contributed by atoms with Gasteiger partial charge in [0.25, 0.3) is 0 Å². The van der Waals surface area contributed by atoms with Crippen molar-refractivity contribution < 1.29 is 52.4 Å². The Kier molecular flexibility index (Phi) is 10.8. The van der Waals surface area contributed by atoms with E-state index in [1.807, 2.05) is 0 Å². The van der Waals surface area contributed by atoms with Crippen LogP contribution in [-0.4, -0.2) is 86.1 Å². The molecule has 0 amide bonds. The van der Waals surface area contributed by atoms with Crippen LogP contribution >= 0.6 is 7.60 Å². The Bertz CT molecular complexity index is 1130. The highest BCUT2D eigenvalue weighted by Crippen LogP contribution is 2.44. The standard InChI is InChI=1S/C22H34N5O11P/c1-13(2)34-20(29)36-22(37-21(30)35-14(3)4)38-39(31,32)12-33-8-7-16(9-28)27-11-25-17-18(26-15-5-6-15)23-10-24-19(17)27/h10-11,13-16,22,28H,5-9,12H2,1-4H3,(H,31,32)(H,23,24,26). The van der Waals surface area contributed by atoms with E-state index in [0.29, 0.717) is 23.0 Å². The van der Waals surface area contributed by atoms with Gasteiger partial charge in [0.15, 0.2) is 11.5 Å². The van der Waals surface area contributed by atoms with E-state index in [1.165, 1.54) is 12.7 Å². The van der Waals surface area contributed by atoms with Crippen LogP contribution in [-0.2, 0) is 32.8 Å². The molecule has 3 N–H and O–H groups in total. The molecule has 0 spiro atoms. The molecule has 1 fully saturated rings. The summed E-state index contributed by atoms with van der Waals surface area (Å²) >= 11 is 0. The van der Waals surface area contributed by atoms with E-state index in [1.54, 1.807) is 32.3 Å². The van der Waals surface area contributed by atoms with Crippen LogP contribution in [0, 0.1) is 0 Å². The number of rotatable bonds is 15. The maximum Gasteiger partial charge on any atom is 0.513 e. The normalized spacial score (nSPS) is 15.8. The van der Waals surface area contributed by atoms with Gasteiger partial charge < -0.3 is 43.6 Å². The van der Waals surface area contributed by atoms with Gasteiger partial charge in [-0.05, 0) is 47.0 Å². The van der Waals surface area contributed by atoms with Gasteiger partial charge in [-0.2, -0.15) is 0 Å².